The van der Waals surface area contributed by atoms with Gasteiger partial charge in [0.1, 0.15) is 11.9 Å². The maximum absolute atomic E-state index is 13.3. The number of carbonyl (C=O) groups excluding carboxylic acids is 1. The molecular formula is C26H31N3O2. The van der Waals surface area contributed by atoms with Crippen LogP contribution in [0.2, 0.25) is 0 Å². The Morgan fingerprint density at radius 3 is 2.45 bits per heavy atom. The number of benzene rings is 2. The van der Waals surface area contributed by atoms with E-state index in [1.165, 1.54) is 11.1 Å². The van der Waals surface area contributed by atoms with E-state index < -0.39 is 0 Å². The van der Waals surface area contributed by atoms with Crippen molar-refractivity contribution in [3.63, 3.8) is 0 Å². The summed E-state index contributed by atoms with van der Waals surface area (Å²) in [7, 11) is 0. The predicted molar refractivity (Wildman–Crippen MR) is 123 cm³/mol. The molecule has 1 aliphatic heterocycles. The molecule has 2 heterocycles. The minimum absolute atomic E-state index is 0.0829. The van der Waals surface area contributed by atoms with E-state index in [1.54, 1.807) is 0 Å². The topological polar surface area (TPSA) is 47.4 Å². The number of hydrogen-bond donors (Lipinski definition) is 0. The first kappa shape index (κ1) is 21.2. The summed E-state index contributed by atoms with van der Waals surface area (Å²) in [4.78, 5) is 15.3. The molecule has 3 aromatic rings. The van der Waals surface area contributed by atoms with E-state index in [1.807, 2.05) is 41.6 Å². The van der Waals surface area contributed by atoms with E-state index in [9.17, 15) is 4.79 Å². The van der Waals surface area contributed by atoms with Gasteiger partial charge in [-0.3, -0.25) is 9.48 Å². The molecule has 0 aliphatic carbocycles. The zero-order valence-corrected chi connectivity index (χ0v) is 18.9. The van der Waals surface area contributed by atoms with Crippen molar-refractivity contribution < 1.29 is 9.53 Å². The Hall–Kier alpha value is -3.08. The molecule has 0 N–H and O–H groups in total. The smallest absolute Gasteiger partial charge is 0.257 e. The van der Waals surface area contributed by atoms with Gasteiger partial charge in [-0.1, -0.05) is 42.5 Å². The van der Waals surface area contributed by atoms with Crippen LogP contribution in [-0.4, -0.2) is 39.8 Å². The third-order valence-electron chi connectivity index (χ3n) is 6.14. The van der Waals surface area contributed by atoms with Crippen molar-refractivity contribution in [3.8, 4) is 5.75 Å². The number of nitrogens with zero attached hydrogens (tertiary/aromatic N) is 3. The van der Waals surface area contributed by atoms with E-state index in [0.717, 1.165) is 41.1 Å². The Bertz CT molecular complexity index is 1060. The summed E-state index contributed by atoms with van der Waals surface area (Å²) in [6.07, 6.45) is 1.83. The van der Waals surface area contributed by atoms with E-state index in [2.05, 4.69) is 49.3 Å². The van der Waals surface area contributed by atoms with Crippen LogP contribution in [-0.2, 0) is 6.54 Å². The molecule has 1 aliphatic rings. The molecule has 0 atom stereocenters. The Morgan fingerprint density at radius 1 is 1.03 bits per heavy atom. The van der Waals surface area contributed by atoms with Crippen LogP contribution >= 0.6 is 0 Å². The molecule has 0 radical (unpaired) electrons. The Balaban J connectivity index is 1.41. The highest BCUT2D eigenvalue weighted by Crippen LogP contribution is 2.25. The first-order valence-corrected chi connectivity index (χ1v) is 11.0. The van der Waals surface area contributed by atoms with Gasteiger partial charge >= 0.3 is 0 Å². The third-order valence-corrected chi connectivity index (χ3v) is 6.14. The zero-order valence-electron chi connectivity index (χ0n) is 18.9. The maximum atomic E-state index is 13.3. The van der Waals surface area contributed by atoms with Crippen LogP contribution in [0.25, 0.3) is 0 Å². The third kappa shape index (κ3) is 4.66. The summed E-state index contributed by atoms with van der Waals surface area (Å²) in [5.41, 5.74) is 6.00. The lowest BCUT2D eigenvalue weighted by atomic mass is 10.0. The molecule has 4 rings (SSSR count). The minimum Gasteiger partial charge on any atom is -0.490 e. The highest BCUT2D eigenvalue weighted by Gasteiger charge is 2.28. The standard InChI is InChI=1S/C26H31N3O2/c1-18-10-11-19(2)24(16-18)31-23-12-14-28(15-13-23)26(30)25-20(3)27-29(21(25)4)17-22-8-6-5-7-9-22/h5-11,16,23H,12-15,17H2,1-4H3. The molecule has 1 aromatic heterocycles. The summed E-state index contributed by atoms with van der Waals surface area (Å²) in [5, 5.41) is 4.65. The van der Waals surface area contributed by atoms with Crippen LogP contribution in [0.1, 0.15) is 51.3 Å². The number of amides is 1. The number of hydrogen-bond acceptors (Lipinski definition) is 3. The number of piperidine rings is 1. The molecule has 0 spiro atoms. The molecule has 2 aromatic carbocycles. The molecule has 1 fully saturated rings. The number of likely N-dealkylation sites (tertiary alicyclic amines) is 1. The first-order valence-electron chi connectivity index (χ1n) is 11.0. The molecule has 31 heavy (non-hydrogen) atoms. The summed E-state index contributed by atoms with van der Waals surface area (Å²) in [6.45, 7) is 10.2. The highest BCUT2D eigenvalue weighted by molar-refractivity contribution is 5.96. The fourth-order valence-corrected chi connectivity index (χ4v) is 4.27. The second kappa shape index (κ2) is 8.96. The molecule has 162 valence electrons. The van der Waals surface area contributed by atoms with Crippen molar-refractivity contribution >= 4 is 5.91 Å². The fraction of sp³-hybridized carbons (Fsp3) is 0.385. The van der Waals surface area contributed by atoms with Gasteiger partial charge in [0.15, 0.2) is 0 Å². The predicted octanol–water partition coefficient (Wildman–Crippen LogP) is 4.85. The lowest BCUT2D eigenvalue weighted by Gasteiger charge is -2.32. The maximum Gasteiger partial charge on any atom is 0.257 e. The Kier molecular flexibility index (Phi) is 6.12. The van der Waals surface area contributed by atoms with Crippen LogP contribution in [0.3, 0.4) is 0 Å². The monoisotopic (exact) mass is 417 g/mol. The van der Waals surface area contributed by atoms with Gasteiger partial charge in [0, 0.05) is 31.6 Å². The molecule has 1 saturated heterocycles. The van der Waals surface area contributed by atoms with Crippen molar-refractivity contribution in [1.82, 2.24) is 14.7 Å². The van der Waals surface area contributed by atoms with E-state index >= 15 is 0 Å². The quantitative estimate of drug-likeness (QED) is 0.596. The molecule has 5 heteroatoms. The lowest BCUT2D eigenvalue weighted by molar-refractivity contribution is 0.0593. The number of carbonyl (C=O) groups is 1. The summed E-state index contributed by atoms with van der Waals surface area (Å²) >= 11 is 0. The first-order chi connectivity index (χ1) is 14.9. The van der Waals surface area contributed by atoms with Gasteiger partial charge in [0.25, 0.3) is 5.91 Å². The summed E-state index contributed by atoms with van der Waals surface area (Å²) < 4.78 is 8.20. The molecule has 0 unspecified atom stereocenters. The number of aryl methyl sites for hydroxylation is 3. The van der Waals surface area contributed by atoms with Gasteiger partial charge in [-0.15, -0.1) is 0 Å². The molecular weight excluding hydrogens is 386 g/mol. The minimum atomic E-state index is 0.0829. The van der Waals surface area contributed by atoms with Gasteiger partial charge < -0.3 is 9.64 Å². The van der Waals surface area contributed by atoms with Crippen LogP contribution in [0, 0.1) is 27.7 Å². The molecule has 1 amide bonds. The Morgan fingerprint density at radius 2 is 1.74 bits per heavy atom. The van der Waals surface area contributed by atoms with Crippen molar-refractivity contribution in [2.75, 3.05) is 13.1 Å². The number of aromatic nitrogens is 2. The zero-order chi connectivity index (χ0) is 22.0. The second-order valence-electron chi connectivity index (χ2n) is 8.57. The summed E-state index contributed by atoms with van der Waals surface area (Å²) in [5.74, 6) is 1.04. The number of rotatable bonds is 5. The van der Waals surface area contributed by atoms with Crippen molar-refractivity contribution in [2.24, 2.45) is 0 Å². The van der Waals surface area contributed by atoms with Crippen molar-refractivity contribution in [2.45, 2.75) is 53.2 Å². The van der Waals surface area contributed by atoms with Crippen LogP contribution < -0.4 is 4.74 Å². The SMILES string of the molecule is Cc1ccc(C)c(OC2CCN(C(=O)c3c(C)nn(Cc4ccccc4)c3C)CC2)c1. The highest BCUT2D eigenvalue weighted by atomic mass is 16.5. The fourth-order valence-electron chi connectivity index (χ4n) is 4.27. The molecule has 0 bridgehead atoms. The van der Waals surface area contributed by atoms with Crippen molar-refractivity contribution in [3.05, 3.63) is 82.2 Å². The van der Waals surface area contributed by atoms with Crippen LogP contribution in [0.4, 0.5) is 0 Å². The van der Waals surface area contributed by atoms with E-state index in [-0.39, 0.29) is 12.0 Å². The average Bonchev–Trinajstić information content (AvgIpc) is 3.04. The van der Waals surface area contributed by atoms with Gasteiger partial charge in [-0.05, 0) is 50.5 Å². The molecule has 5 nitrogen and oxygen atoms in total. The van der Waals surface area contributed by atoms with Gasteiger partial charge in [-0.25, -0.2) is 0 Å². The van der Waals surface area contributed by atoms with Gasteiger partial charge in [-0.2, -0.15) is 5.10 Å². The molecule has 0 saturated carbocycles. The van der Waals surface area contributed by atoms with E-state index in [0.29, 0.717) is 19.6 Å². The normalized spacial score (nSPS) is 14.6. The second-order valence-corrected chi connectivity index (χ2v) is 8.57. The Labute approximate surface area is 184 Å². The lowest BCUT2D eigenvalue weighted by Crippen LogP contribution is -2.42. The van der Waals surface area contributed by atoms with Gasteiger partial charge in [0.05, 0.1) is 17.8 Å². The van der Waals surface area contributed by atoms with Crippen LogP contribution in [0.5, 0.6) is 5.75 Å². The summed E-state index contributed by atoms with van der Waals surface area (Å²) in [6, 6.07) is 16.5. The van der Waals surface area contributed by atoms with E-state index in [4.69, 9.17) is 4.74 Å². The largest absolute Gasteiger partial charge is 0.490 e. The van der Waals surface area contributed by atoms with Crippen LogP contribution in [0.15, 0.2) is 48.5 Å². The number of ether oxygens (including phenoxy) is 1. The van der Waals surface area contributed by atoms with Gasteiger partial charge in [0.2, 0.25) is 0 Å². The van der Waals surface area contributed by atoms with Crippen molar-refractivity contribution in [1.29, 1.82) is 0 Å². The average molecular weight is 418 g/mol.